The molecule has 0 saturated heterocycles. The van der Waals surface area contributed by atoms with E-state index in [4.69, 9.17) is 4.74 Å². The third kappa shape index (κ3) is 6.72. The molecule has 1 aromatic heterocycles. The molecular weight excluding hydrogens is 392 g/mol. The second kappa shape index (κ2) is 9.83. The Balaban J connectivity index is 1.87. The topological polar surface area (TPSA) is 91.7 Å². The Hall–Kier alpha value is -3.06. The lowest BCUT2D eigenvalue weighted by molar-refractivity contribution is -0.182. The predicted molar refractivity (Wildman–Crippen MR) is 119 cm³/mol. The van der Waals surface area contributed by atoms with Crippen LogP contribution in [-0.4, -0.2) is 33.0 Å². The molecule has 2 aromatic carbocycles. The van der Waals surface area contributed by atoms with Crippen LogP contribution in [0.2, 0.25) is 0 Å². The Morgan fingerprint density at radius 1 is 1.10 bits per heavy atom. The number of aromatic hydroxyl groups is 1. The number of aliphatic hydroxyl groups excluding tert-OH is 1. The second-order valence-electron chi connectivity index (χ2n) is 8.34. The first-order chi connectivity index (χ1) is 14.7. The van der Waals surface area contributed by atoms with Gasteiger partial charge in [0.25, 0.3) is 0 Å². The number of benzene rings is 2. The molecule has 0 aliphatic carbocycles. The van der Waals surface area contributed by atoms with E-state index in [0.717, 1.165) is 22.3 Å². The molecule has 0 radical (unpaired) electrons. The van der Waals surface area contributed by atoms with Crippen LogP contribution in [0.4, 0.5) is 0 Å². The number of hydrogen-bond acceptors (Lipinski definition) is 6. The average molecular weight is 421 g/mol. The standard InChI is InChI=1S/C25H28N2O4/c1-25(2,3)31-24(30)27-16-20-8-7-19(23(29)13-17-9-11-26-12-10-17)15-22(20)18-5-4-6-21(28)14-18/h4-12,14-15,24,27-28,30H,13,16H2,1-3H3. The highest BCUT2D eigenvalue weighted by atomic mass is 16.6. The lowest BCUT2D eigenvalue weighted by Crippen LogP contribution is -2.37. The number of carbonyl (C=O) groups is 1. The summed E-state index contributed by atoms with van der Waals surface area (Å²) in [6, 6.07) is 16.0. The summed E-state index contributed by atoms with van der Waals surface area (Å²) < 4.78 is 5.50. The minimum Gasteiger partial charge on any atom is -0.508 e. The number of ether oxygens (including phenoxy) is 1. The SMILES string of the molecule is CC(C)(C)OC(O)NCc1ccc(C(=O)Cc2ccncc2)cc1-c1cccc(O)c1. The predicted octanol–water partition coefficient (Wildman–Crippen LogP) is 4.06. The Morgan fingerprint density at radius 2 is 1.84 bits per heavy atom. The van der Waals surface area contributed by atoms with Crippen molar-refractivity contribution in [1.29, 1.82) is 0 Å². The van der Waals surface area contributed by atoms with Gasteiger partial charge in [-0.2, -0.15) is 0 Å². The number of nitrogens with one attached hydrogen (secondary N) is 1. The molecule has 1 heterocycles. The first kappa shape index (κ1) is 22.6. The molecule has 1 atom stereocenters. The van der Waals surface area contributed by atoms with Gasteiger partial charge in [-0.05, 0) is 73.4 Å². The maximum absolute atomic E-state index is 12.9. The van der Waals surface area contributed by atoms with Crippen molar-refractivity contribution in [3.8, 4) is 16.9 Å². The fraction of sp³-hybridized carbons (Fsp3) is 0.280. The van der Waals surface area contributed by atoms with Crippen LogP contribution in [0.15, 0.2) is 67.0 Å². The maximum atomic E-state index is 12.9. The van der Waals surface area contributed by atoms with Crippen molar-refractivity contribution in [3.63, 3.8) is 0 Å². The molecule has 0 bridgehead atoms. The number of aromatic nitrogens is 1. The summed E-state index contributed by atoms with van der Waals surface area (Å²) in [5.74, 6) is 0.129. The molecule has 0 saturated carbocycles. The Labute approximate surface area is 182 Å². The van der Waals surface area contributed by atoms with Crippen molar-refractivity contribution in [2.45, 2.75) is 45.8 Å². The average Bonchev–Trinajstić information content (AvgIpc) is 2.71. The van der Waals surface area contributed by atoms with E-state index >= 15 is 0 Å². The molecule has 0 fully saturated rings. The van der Waals surface area contributed by atoms with Crippen molar-refractivity contribution in [3.05, 3.63) is 83.7 Å². The van der Waals surface area contributed by atoms with E-state index in [-0.39, 0.29) is 18.0 Å². The molecule has 6 heteroatoms. The number of nitrogens with zero attached hydrogens (tertiary/aromatic N) is 1. The third-order valence-electron chi connectivity index (χ3n) is 4.64. The summed E-state index contributed by atoms with van der Waals surface area (Å²) in [5, 5.41) is 23.0. The van der Waals surface area contributed by atoms with E-state index in [2.05, 4.69) is 10.3 Å². The normalized spacial score (nSPS) is 12.5. The van der Waals surface area contributed by atoms with Gasteiger partial charge in [0.2, 0.25) is 6.41 Å². The molecule has 0 spiro atoms. The molecule has 0 aliphatic heterocycles. The van der Waals surface area contributed by atoms with Crippen molar-refractivity contribution in [2.24, 2.45) is 0 Å². The first-order valence-corrected chi connectivity index (χ1v) is 10.1. The Bertz CT molecular complexity index is 1030. The largest absolute Gasteiger partial charge is 0.508 e. The molecule has 162 valence electrons. The van der Waals surface area contributed by atoms with Gasteiger partial charge in [-0.3, -0.25) is 15.1 Å². The number of ketones is 1. The van der Waals surface area contributed by atoms with Gasteiger partial charge in [0, 0.05) is 30.9 Å². The van der Waals surface area contributed by atoms with Gasteiger partial charge in [-0.25, -0.2) is 0 Å². The van der Waals surface area contributed by atoms with E-state index in [1.165, 1.54) is 0 Å². The van der Waals surface area contributed by atoms with Crippen LogP contribution in [0.1, 0.15) is 42.3 Å². The minimum atomic E-state index is -1.13. The zero-order valence-corrected chi connectivity index (χ0v) is 18.0. The molecular formula is C25H28N2O4. The smallest absolute Gasteiger partial charge is 0.214 e. The highest BCUT2D eigenvalue weighted by Crippen LogP contribution is 2.28. The number of hydrogen-bond donors (Lipinski definition) is 3. The summed E-state index contributed by atoms with van der Waals surface area (Å²) >= 11 is 0. The fourth-order valence-electron chi connectivity index (χ4n) is 3.21. The summed E-state index contributed by atoms with van der Waals surface area (Å²) in [5.41, 5.74) is 3.41. The molecule has 0 aliphatic rings. The fourth-order valence-corrected chi connectivity index (χ4v) is 3.21. The van der Waals surface area contributed by atoms with Gasteiger partial charge in [-0.1, -0.05) is 24.3 Å². The van der Waals surface area contributed by atoms with Crippen molar-refractivity contribution in [1.82, 2.24) is 10.3 Å². The molecule has 1 unspecified atom stereocenters. The quantitative estimate of drug-likeness (QED) is 0.376. The number of phenols is 1. The van der Waals surface area contributed by atoms with Gasteiger partial charge in [0.1, 0.15) is 5.75 Å². The van der Waals surface area contributed by atoms with Gasteiger partial charge in [0.05, 0.1) is 5.60 Å². The third-order valence-corrected chi connectivity index (χ3v) is 4.64. The van der Waals surface area contributed by atoms with Gasteiger partial charge in [0.15, 0.2) is 5.78 Å². The monoisotopic (exact) mass is 420 g/mol. The summed E-state index contributed by atoms with van der Waals surface area (Å²) in [7, 11) is 0. The minimum absolute atomic E-state index is 0.0109. The van der Waals surface area contributed by atoms with E-state index in [9.17, 15) is 15.0 Å². The summed E-state index contributed by atoms with van der Waals surface area (Å²) in [6.45, 7) is 5.90. The first-order valence-electron chi connectivity index (χ1n) is 10.1. The number of aliphatic hydroxyl groups is 1. The van der Waals surface area contributed by atoms with Gasteiger partial charge in [-0.15, -0.1) is 0 Å². The number of rotatable bonds is 8. The van der Waals surface area contributed by atoms with Crippen LogP contribution in [0.3, 0.4) is 0 Å². The lowest BCUT2D eigenvalue weighted by atomic mass is 9.94. The number of carbonyl (C=O) groups excluding carboxylic acids is 1. The Morgan fingerprint density at radius 3 is 2.52 bits per heavy atom. The second-order valence-corrected chi connectivity index (χ2v) is 8.34. The maximum Gasteiger partial charge on any atom is 0.214 e. The lowest BCUT2D eigenvalue weighted by Gasteiger charge is -2.25. The molecule has 6 nitrogen and oxygen atoms in total. The van der Waals surface area contributed by atoms with Crippen LogP contribution in [-0.2, 0) is 17.7 Å². The number of pyridine rings is 1. The van der Waals surface area contributed by atoms with Crippen LogP contribution < -0.4 is 5.32 Å². The molecule has 3 N–H and O–H groups in total. The van der Waals surface area contributed by atoms with Crippen LogP contribution >= 0.6 is 0 Å². The zero-order chi connectivity index (χ0) is 22.4. The molecule has 3 aromatic rings. The van der Waals surface area contributed by atoms with E-state index in [0.29, 0.717) is 12.1 Å². The molecule has 31 heavy (non-hydrogen) atoms. The van der Waals surface area contributed by atoms with Crippen LogP contribution in [0.5, 0.6) is 5.75 Å². The van der Waals surface area contributed by atoms with Gasteiger partial charge >= 0.3 is 0 Å². The number of phenolic OH excluding ortho intramolecular Hbond substituents is 1. The van der Waals surface area contributed by atoms with Crippen molar-refractivity contribution >= 4 is 5.78 Å². The number of Topliss-reactive ketones (excluding diaryl/α,β-unsaturated/α-hetero) is 1. The molecule has 0 amide bonds. The highest BCUT2D eigenvalue weighted by molar-refractivity contribution is 5.98. The van der Waals surface area contributed by atoms with E-state index in [1.807, 2.05) is 51.1 Å². The summed E-state index contributed by atoms with van der Waals surface area (Å²) in [4.78, 5) is 16.8. The van der Waals surface area contributed by atoms with E-state index in [1.54, 1.807) is 36.7 Å². The van der Waals surface area contributed by atoms with Crippen molar-refractivity contribution in [2.75, 3.05) is 0 Å². The molecule has 3 rings (SSSR count). The van der Waals surface area contributed by atoms with Crippen LogP contribution in [0, 0.1) is 0 Å². The van der Waals surface area contributed by atoms with Gasteiger partial charge < -0.3 is 14.9 Å². The Kier molecular flexibility index (Phi) is 7.17. The van der Waals surface area contributed by atoms with Crippen molar-refractivity contribution < 1.29 is 19.7 Å². The highest BCUT2D eigenvalue weighted by Gasteiger charge is 2.17. The van der Waals surface area contributed by atoms with Crippen LogP contribution in [0.25, 0.3) is 11.1 Å². The zero-order valence-electron chi connectivity index (χ0n) is 18.0. The van der Waals surface area contributed by atoms with E-state index < -0.39 is 12.0 Å². The summed E-state index contributed by atoms with van der Waals surface area (Å²) in [6.07, 6.45) is 2.48.